The van der Waals surface area contributed by atoms with Gasteiger partial charge in [0.2, 0.25) is 0 Å². The van der Waals surface area contributed by atoms with Crippen LogP contribution >= 0.6 is 0 Å². The summed E-state index contributed by atoms with van der Waals surface area (Å²) in [7, 11) is 3.47. The van der Waals surface area contributed by atoms with Crippen molar-refractivity contribution in [1.29, 1.82) is 0 Å². The molecule has 0 N–H and O–H groups in total. The van der Waals surface area contributed by atoms with E-state index in [4.69, 9.17) is 14.5 Å². The van der Waals surface area contributed by atoms with Crippen LogP contribution in [0.5, 0.6) is 5.75 Å². The van der Waals surface area contributed by atoms with Crippen molar-refractivity contribution in [2.24, 2.45) is 0 Å². The molecule has 0 radical (unpaired) electrons. The highest BCUT2D eigenvalue weighted by Crippen LogP contribution is 2.44. The van der Waals surface area contributed by atoms with E-state index in [1.165, 1.54) is 60.0 Å². The van der Waals surface area contributed by atoms with Crippen LogP contribution in [0.1, 0.15) is 88.5 Å². The van der Waals surface area contributed by atoms with Crippen molar-refractivity contribution < 1.29 is 9.47 Å². The predicted molar refractivity (Wildman–Crippen MR) is 144 cm³/mol. The molecule has 7 heteroatoms. The number of rotatable bonds is 7. The monoisotopic (exact) mass is 489 g/mol. The number of hydrogen-bond acceptors (Lipinski definition) is 5. The fraction of sp³-hybridized carbons (Fsp3) is 0.552. The van der Waals surface area contributed by atoms with Crippen LogP contribution in [0.2, 0.25) is 0 Å². The zero-order valence-electron chi connectivity index (χ0n) is 22.8. The van der Waals surface area contributed by atoms with Gasteiger partial charge in [0.25, 0.3) is 0 Å². The zero-order chi connectivity index (χ0) is 25.6. The van der Waals surface area contributed by atoms with Crippen molar-refractivity contribution in [2.75, 3.05) is 14.2 Å². The van der Waals surface area contributed by atoms with E-state index in [-0.39, 0.29) is 5.60 Å². The quantitative estimate of drug-likeness (QED) is 0.290. The second-order valence-electron chi connectivity index (χ2n) is 11.2. The van der Waals surface area contributed by atoms with Crippen molar-refractivity contribution in [2.45, 2.75) is 90.7 Å². The van der Waals surface area contributed by atoms with E-state index >= 15 is 0 Å². The van der Waals surface area contributed by atoms with E-state index in [2.05, 4.69) is 67.7 Å². The topological polar surface area (TPSA) is 66.5 Å². The summed E-state index contributed by atoms with van der Waals surface area (Å²) in [6, 6.07) is 2.09. The average Bonchev–Trinajstić information content (AvgIpc) is 3.47. The lowest BCUT2D eigenvalue weighted by Crippen LogP contribution is -2.29. The molecule has 1 aliphatic rings. The van der Waals surface area contributed by atoms with Gasteiger partial charge in [0, 0.05) is 35.9 Å². The summed E-state index contributed by atoms with van der Waals surface area (Å²) in [5, 5.41) is 5.77. The molecule has 5 rings (SSSR count). The fourth-order valence-electron chi connectivity index (χ4n) is 5.99. The SMILES string of the molecule is COc1cc(-c2c(C(C)C)c3c(C)c(C4CCCCC4)ncc3n2CC(C)(C)OC)cn2ncnc12. The average molecular weight is 490 g/mol. The van der Waals surface area contributed by atoms with Crippen molar-refractivity contribution in [3.63, 3.8) is 0 Å². The molecule has 0 spiro atoms. The third-order valence-corrected chi connectivity index (χ3v) is 7.92. The summed E-state index contributed by atoms with van der Waals surface area (Å²) in [5.41, 5.74) is 7.69. The molecule has 0 atom stereocenters. The standard InChI is InChI=1S/C29H39N5O2/c1-18(2)24-25-19(3)26(20-11-9-8-10-12-20)30-14-22(25)33(16-29(4,5)36-7)27(24)21-13-23(35-6)28-31-17-32-34(28)15-21/h13-15,17-18,20H,8-12,16H2,1-7H3. The third kappa shape index (κ3) is 4.17. The number of methoxy groups -OCH3 is 2. The lowest BCUT2D eigenvalue weighted by molar-refractivity contribution is 0.00943. The number of aryl methyl sites for hydroxylation is 1. The van der Waals surface area contributed by atoms with Gasteiger partial charge in [-0.2, -0.15) is 5.10 Å². The molecule has 1 fully saturated rings. The van der Waals surface area contributed by atoms with Crippen molar-refractivity contribution in [1.82, 2.24) is 24.1 Å². The number of hydrogen-bond donors (Lipinski definition) is 0. The second-order valence-corrected chi connectivity index (χ2v) is 11.2. The Kier molecular flexibility index (Phi) is 6.54. The Morgan fingerprint density at radius 2 is 1.86 bits per heavy atom. The molecule has 4 aromatic rings. The minimum Gasteiger partial charge on any atom is -0.493 e. The van der Waals surface area contributed by atoms with Crippen LogP contribution in [0.4, 0.5) is 0 Å². The maximum absolute atomic E-state index is 5.91. The highest BCUT2D eigenvalue weighted by molar-refractivity contribution is 5.95. The molecule has 1 aliphatic carbocycles. The molecule has 192 valence electrons. The lowest BCUT2D eigenvalue weighted by Gasteiger charge is -2.26. The first-order chi connectivity index (χ1) is 17.3. The van der Waals surface area contributed by atoms with Gasteiger partial charge in [0.15, 0.2) is 11.4 Å². The first-order valence-electron chi connectivity index (χ1n) is 13.2. The van der Waals surface area contributed by atoms with Crippen LogP contribution in [0.15, 0.2) is 24.8 Å². The van der Waals surface area contributed by atoms with E-state index in [1.54, 1.807) is 25.1 Å². The van der Waals surface area contributed by atoms with Gasteiger partial charge in [0.05, 0.1) is 36.7 Å². The Labute approximate surface area is 213 Å². The lowest BCUT2D eigenvalue weighted by atomic mass is 9.84. The Bertz CT molecular complexity index is 1390. The normalized spacial score (nSPS) is 15.4. The fourth-order valence-corrected chi connectivity index (χ4v) is 5.99. The van der Waals surface area contributed by atoms with Gasteiger partial charge in [-0.3, -0.25) is 4.98 Å². The molecule has 0 bridgehead atoms. The molecule has 0 saturated heterocycles. The third-order valence-electron chi connectivity index (χ3n) is 7.92. The van der Waals surface area contributed by atoms with Gasteiger partial charge >= 0.3 is 0 Å². The smallest absolute Gasteiger partial charge is 0.197 e. The summed E-state index contributed by atoms with van der Waals surface area (Å²) >= 11 is 0. The highest BCUT2D eigenvalue weighted by atomic mass is 16.5. The highest BCUT2D eigenvalue weighted by Gasteiger charge is 2.30. The second kappa shape index (κ2) is 9.51. The van der Waals surface area contributed by atoms with E-state index in [0.717, 1.165) is 11.1 Å². The van der Waals surface area contributed by atoms with Gasteiger partial charge in [-0.1, -0.05) is 33.1 Å². The van der Waals surface area contributed by atoms with Crippen molar-refractivity contribution >= 4 is 16.6 Å². The summed E-state index contributed by atoms with van der Waals surface area (Å²) in [6.07, 6.45) is 12.2. The minimum atomic E-state index is -0.355. The maximum Gasteiger partial charge on any atom is 0.197 e. The number of nitrogens with zero attached hydrogens (tertiary/aromatic N) is 5. The largest absolute Gasteiger partial charge is 0.493 e. The van der Waals surface area contributed by atoms with Crippen LogP contribution in [-0.2, 0) is 11.3 Å². The Morgan fingerprint density at radius 3 is 2.53 bits per heavy atom. The van der Waals surface area contributed by atoms with Crippen LogP contribution < -0.4 is 4.74 Å². The van der Waals surface area contributed by atoms with Crippen LogP contribution in [0.25, 0.3) is 27.8 Å². The molecular formula is C29H39N5O2. The molecule has 0 amide bonds. The maximum atomic E-state index is 5.91. The van der Waals surface area contributed by atoms with Crippen molar-refractivity contribution in [3.8, 4) is 17.0 Å². The van der Waals surface area contributed by atoms with E-state index in [1.807, 2.05) is 0 Å². The first-order valence-corrected chi connectivity index (χ1v) is 13.2. The molecule has 7 nitrogen and oxygen atoms in total. The van der Waals surface area contributed by atoms with Crippen LogP contribution in [-0.4, -0.2) is 44.0 Å². The molecule has 4 heterocycles. The molecule has 1 saturated carbocycles. The zero-order valence-corrected chi connectivity index (χ0v) is 22.8. The molecule has 36 heavy (non-hydrogen) atoms. The molecular weight excluding hydrogens is 450 g/mol. The van der Waals surface area contributed by atoms with Gasteiger partial charge in [0.1, 0.15) is 6.33 Å². The van der Waals surface area contributed by atoms with E-state index < -0.39 is 0 Å². The molecule has 0 unspecified atom stereocenters. The Morgan fingerprint density at radius 1 is 1.11 bits per heavy atom. The van der Waals surface area contributed by atoms with Gasteiger partial charge in [-0.25, -0.2) is 9.50 Å². The minimum absolute atomic E-state index is 0.312. The van der Waals surface area contributed by atoms with Gasteiger partial charge in [-0.05, 0) is 56.7 Å². The van der Waals surface area contributed by atoms with Crippen LogP contribution in [0.3, 0.4) is 0 Å². The summed E-state index contributed by atoms with van der Waals surface area (Å²) < 4.78 is 15.9. The van der Waals surface area contributed by atoms with Gasteiger partial charge < -0.3 is 14.0 Å². The predicted octanol–water partition coefficient (Wildman–Crippen LogP) is 6.66. The number of aromatic nitrogens is 5. The van der Waals surface area contributed by atoms with E-state index in [9.17, 15) is 0 Å². The molecule has 0 aromatic carbocycles. The van der Waals surface area contributed by atoms with Crippen LogP contribution in [0, 0.1) is 6.92 Å². The number of fused-ring (bicyclic) bond motifs is 2. The Balaban J connectivity index is 1.84. The summed E-state index contributed by atoms with van der Waals surface area (Å²) in [4.78, 5) is 9.50. The first kappa shape index (κ1) is 24.8. The van der Waals surface area contributed by atoms with E-state index in [0.29, 0.717) is 29.8 Å². The molecule has 4 aromatic heterocycles. The number of ether oxygens (including phenoxy) is 2. The summed E-state index contributed by atoms with van der Waals surface area (Å²) in [5.74, 6) is 1.57. The summed E-state index contributed by atoms with van der Waals surface area (Å²) in [6.45, 7) is 11.8. The van der Waals surface area contributed by atoms with Crippen molar-refractivity contribution in [3.05, 3.63) is 41.6 Å². The Hall–Kier alpha value is -2.93. The molecule has 0 aliphatic heterocycles. The van der Waals surface area contributed by atoms with Gasteiger partial charge in [-0.15, -0.1) is 0 Å². The number of pyridine rings is 2.